The van der Waals surface area contributed by atoms with Crippen molar-refractivity contribution in [3.63, 3.8) is 0 Å². The van der Waals surface area contributed by atoms with Crippen LogP contribution < -0.4 is 5.32 Å². The van der Waals surface area contributed by atoms with E-state index in [1.807, 2.05) is 24.4 Å². The Hall–Kier alpha value is -2.98. The quantitative estimate of drug-likeness (QED) is 0.369. The first-order chi connectivity index (χ1) is 21.7. The zero-order valence-corrected chi connectivity index (χ0v) is 26.5. The summed E-state index contributed by atoms with van der Waals surface area (Å²) >= 11 is 0. The highest BCUT2D eigenvalue weighted by Crippen LogP contribution is 2.38. The lowest BCUT2D eigenvalue weighted by Gasteiger charge is -2.46. The molecule has 45 heavy (non-hydrogen) atoms. The predicted octanol–water partition coefficient (Wildman–Crippen LogP) is 6.15. The fraction of sp³-hybridized carbons (Fsp3) is 0.629. The molecular formula is C35H47F3N6O. The number of carbonyl (C=O) groups excluding carboxylic acids is 1. The molecule has 1 amide bonds. The third kappa shape index (κ3) is 7.88. The van der Waals surface area contributed by atoms with E-state index in [2.05, 4.69) is 40.3 Å². The molecule has 6 aliphatic rings. The topological polar surface area (TPSA) is 63.5 Å². The van der Waals surface area contributed by atoms with Crippen molar-refractivity contribution in [1.82, 2.24) is 20.0 Å². The second-order valence-electron chi connectivity index (χ2n) is 13.5. The van der Waals surface area contributed by atoms with Gasteiger partial charge < -0.3 is 20.0 Å². The Morgan fingerprint density at radius 3 is 2.73 bits per heavy atom. The van der Waals surface area contributed by atoms with E-state index in [1.165, 1.54) is 43.7 Å². The van der Waals surface area contributed by atoms with Gasteiger partial charge in [-0.2, -0.15) is 13.2 Å². The van der Waals surface area contributed by atoms with Crippen LogP contribution in [0.3, 0.4) is 0 Å². The summed E-state index contributed by atoms with van der Waals surface area (Å²) in [6.07, 6.45) is 17.7. The smallest absolute Gasteiger partial charge is 0.339 e. The third-order valence-corrected chi connectivity index (χ3v) is 10.4. The molecule has 0 aromatic carbocycles. The van der Waals surface area contributed by atoms with Crippen LogP contribution in [0.15, 0.2) is 69.6 Å². The summed E-state index contributed by atoms with van der Waals surface area (Å²) in [6.45, 7) is 8.78. The molecular weight excluding hydrogens is 577 g/mol. The van der Waals surface area contributed by atoms with E-state index in [4.69, 9.17) is 9.98 Å². The maximum absolute atomic E-state index is 12.6. The zero-order chi connectivity index (χ0) is 31.4. The molecule has 5 heterocycles. The van der Waals surface area contributed by atoms with Crippen LogP contribution in [0, 0.1) is 11.3 Å². The number of rotatable bonds is 7. The van der Waals surface area contributed by atoms with Crippen LogP contribution in [0.25, 0.3) is 0 Å². The molecule has 0 radical (unpaired) electrons. The highest BCUT2D eigenvalue weighted by molar-refractivity contribution is 6.05. The molecule has 0 aromatic heterocycles. The number of fused-ring (bicyclic) bond motifs is 1. The van der Waals surface area contributed by atoms with Gasteiger partial charge in [0.15, 0.2) is 5.82 Å². The van der Waals surface area contributed by atoms with Gasteiger partial charge in [0.25, 0.3) is 0 Å². The number of likely N-dealkylation sites (tertiary alicyclic amines) is 1. The predicted molar refractivity (Wildman–Crippen MR) is 173 cm³/mol. The molecule has 0 bridgehead atoms. The van der Waals surface area contributed by atoms with Gasteiger partial charge in [0.1, 0.15) is 5.84 Å². The number of allylic oxidation sites excluding steroid dienone is 3. The van der Waals surface area contributed by atoms with Crippen LogP contribution >= 0.6 is 0 Å². The van der Waals surface area contributed by atoms with E-state index < -0.39 is 24.9 Å². The van der Waals surface area contributed by atoms with Crippen molar-refractivity contribution in [2.75, 3.05) is 45.8 Å². The summed E-state index contributed by atoms with van der Waals surface area (Å²) in [7, 11) is 0. The second kappa shape index (κ2) is 13.8. The number of halogens is 3. The molecule has 0 saturated carbocycles. The molecule has 5 aliphatic heterocycles. The number of carbonyl (C=O) groups is 1. The lowest BCUT2D eigenvalue weighted by Crippen LogP contribution is -2.49. The second-order valence-corrected chi connectivity index (χ2v) is 13.5. The Labute approximate surface area is 265 Å². The molecule has 1 aliphatic carbocycles. The van der Waals surface area contributed by atoms with Crippen molar-refractivity contribution in [1.29, 1.82) is 0 Å². The minimum atomic E-state index is -4.32. The Morgan fingerprint density at radius 1 is 1.18 bits per heavy atom. The van der Waals surface area contributed by atoms with Crippen molar-refractivity contribution in [2.45, 2.75) is 83.4 Å². The maximum Gasteiger partial charge on any atom is 0.389 e. The fourth-order valence-corrected chi connectivity index (χ4v) is 7.79. The van der Waals surface area contributed by atoms with Crippen molar-refractivity contribution in [2.24, 2.45) is 21.3 Å². The van der Waals surface area contributed by atoms with Crippen molar-refractivity contribution < 1.29 is 18.0 Å². The van der Waals surface area contributed by atoms with Gasteiger partial charge in [0.2, 0.25) is 5.91 Å². The first-order valence-electron chi connectivity index (χ1n) is 16.9. The highest BCUT2D eigenvalue weighted by atomic mass is 19.4. The molecule has 6 rings (SSSR count). The Bertz CT molecular complexity index is 1330. The molecule has 7 nitrogen and oxygen atoms in total. The van der Waals surface area contributed by atoms with Gasteiger partial charge in [-0.15, -0.1) is 0 Å². The van der Waals surface area contributed by atoms with Crippen molar-refractivity contribution in [3.8, 4) is 0 Å². The number of aliphatic imine (C=N–C) groups is 2. The normalized spacial score (nSPS) is 28.0. The molecule has 2 fully saturated rings. The molecule has 244 valence electrons. The summed E-state index contributed by atoms with van der Waals surface area (Å²) in [4.78, 5) is 28.8. The molecule has 10 heteroatoms. The van der Waals surface area contributed by atoms with Gasteiger partial charge in [0.05, 0.1) is 12.5 Å². The molecule has 2 unspecified atom stereocenters. The van der Waals surface area contributed by atoms with Crippen molar-refractivity contribution >= 4 is 17.5 Å². The minimum absolute atomic E-state index is 0.128. The number of hydrogen-bond donors (Lipinski definition) is 1. The molecule has 1 spiro atoms. The lowest BCUT2D eigenvalue weighted by atomic mass is 9.72. The SMILES string of the molecule is CCC1C=C(N=C2C=CC(CN3CCCC4(CCNCC4)C3)CC2)N=C2C(C3=CCN(C(=O)CCC(F)(F)F)CC3)=CC=CN21. The van der Waals surface area contributed by atoms with Gasteiger partial charge in [0, 0.05) is 50.1 Å². The van der Waals surface area contributed by atoms with Crippen LogP contribution in [0.2, 0.25) is 0 Å². The van der Waals surface area contributed by atoms with E-state index >= 15 is 0 Å². The number of amidine groups is 1. The van der Waals surface area contributed by atoms with Crippen molar-refractivity contribution in [3.05, 3.63) is 59.6 Å². The van der Waals surface area contributed by atoms with E-state index in [0.717, 1.165) is 67.4 Å². The van der Waals surface area contributed by atoms with Gasteiger partial charge >= 0.3 is 6.18 Å². The minimum Gasteiger partial charge on any atom is -0.339 e. The van der Waals surface area contributed by atoms with Crippen LogP contribution in [0.1, 0.15) is 71.1 Å². The summed E-state index contributed by atoms with van der Waals surface area (Å²) in [5, 5.41) is 3.53. The molecule has 0 aromatic rings. The van der Waals surface area contributed by atoms with Gasteiger partial charge in [-0.1, -0.05) is 19.1 Å². The summed E-state index contributed by atoms with van der Waals surface area (Å²) in [6, 6.07) is 0.128. The van der Waals surface area contributed by atoms with Gasteiger partial charge in [-0.25, -0.2) is 9.98 Å². The standard InChI is InChI=1S/C35H47F3N6O/c1-2-29-23-31(40-28-8-6-26(7-9-28)24-42-19-4-13-34(25-42)15-17-39-18-16-34)41-33-30(5-3-20-44(29)33)27-11-21-43(22-12-27)32(45)10-14-35(36,37)38/h3,5-6,8,11,20,23,26,29,39H,2,4,7,9-10,12-19,21-22,24-25H2,1H3. The molecule has 2 saturated heterocycles. The summed E-state index contributed by atoms with van der Waals surface area (Å²) in [5.74, 6) is 1.69. The number of nitrogens with one attached hydrogen (secondary N) is 1. The Morgan fingerprint density at radius 2 is 2.02 bits per heavy atom. The molecule has 1 N–H and O–H groups in total. The molecule has 2 atom stereocenters. The fourth-order valence-electron chi connectivity index (χ4n) is 7.79. The number of hydrogen-bond acceptors (Lipinski definition) is 6. The van der Waals surface area contributed by atoms with Crippen LogP contribution in [0.4, 0.5) is 13.2 Å². The maximum atomic E-state index is 12.6. The lowest BCUT2D eigenvalue weighted by molar-refractivity contribution is -0.148. The monoisotopic (exact) mass is 624 g/mol. The summed E-state index contributed by atoms with van der Waals surface area (Å²) < 4.78 is 37.8. The van der Waals surface area contributed by atoms with Crippen LogP contribution in [0.5, 0.6) is 0 Å². The van der Waals surface area contributed by atoms with Gasteiger partial charge in [-0.05, 0) is 112 Å². The van der Waals surface area contributed by atoms with E-state index in [0.29, 0.717) is 30.8 Å². The Balaban J connectivity index is 1.10. The number of piperidine rings is 2. The average Bonchev–Trinajstić information content (AvgIpc) is 3.04. The van der Waals surface area contributed by atoms with Crippen LogP contribution in [-0.4, -0.2) is 90.2 Å². The third-order valence-electron chi connectivity index (χ3n) is 10.4. The Kier molecular flexibility index (Phi) is 9.80. The van der Waals surface area contributed by atoms with E-state index in [-0.39, 0.29) is 6.04 Å². The van der Waals surface area contributed by atoms with E-state index in [9.17, 15) is 18.0 Å². The largest absolute Gasteiger partial charge is 0.389 e. The summed E-state index contributed by atoms with van der Waals surface area (Å²) in [5.41, 5.74) is 3.65. The van der Waals surface area contributed by atoms with E-state index in [1.54, 1.807) is 0 Å². The number of alkyl halides is 3. The zero-order valence-electron chi connectivity index (χ0n) is 26.5. The number of nitrogens with zero attached hydrogens (tertiary/aromatic N) is 5. The highest BCUT2D eigenvalue weighted by Gasteiger charge is 2.37. The average molecular weight is 625 g/mol. The number of amides is 1. The van der Waals surface area contributed by atoms with Crippen LogP contribution in [-0.2, 0) is 4.79 Å². The first-order valence-corrected chi connectivity index (χ1v) is 16.9. The first kappa shape index (κ1) is 32.0. The van der Waals surface area contributed by atoms with Gasteiger partial charge in [-0.3, -0.25) is 4.79 Å².